The fraction of sp³-hybridized carbons (Fsp3) is 0.350. The van der Waals surface area contributed by atoms with Crippen LogP contribution in [0, 0.1) is 0 Å². The number of hydrogen-bond donors (Lipinski definition) is 1. The first-order valence-electron chi connectivity index (χ1n) is 8.70. The van der Waals surface area contributed by atoms with E-state index in [0.29, 0.717) is 17.7 Å². The van der Waals surface area contributed by atoms with Gasteiger partial charge in [-0.2, -0.15) is 5.10 Å². The molecule has 0 saturated carbocycles. The zero-order valence-electron chi connectivity index (χ0n) is 15.2. The van der Waals surface area contributed by atoms with E-state index in [9.17, 15) is 4.79 Å². The Hall–Kier alpha value is -2.21. The van der Waals surface area contributed by atoms with Gasteiger partial charge in [-0.05, 0) is 50.7 Å². The molecule has 26 heavy (non-hydrogen) atoms. The van der Waals surface area contributed by atoms with Gasteiger partial charge in [-0.1, -0.05) is 49.7 Å². The van der Waals surface area contributed by atoms with Crippen molar-refractivity contribution in [1.29, 1.82) is 0 Å². The van der Waals surface area contributed by atoms with Gasteiger partial charge in [0, 0.05) is 19.8 Å². The van der Waals surface area contributed by atoms with Crippen molar-refractivity contribution in [3.63, 3.8) is 0 Å². The van der Waals surface area contributed by atoms with Crippen LogP contribution in [0.2, 0.25) is 0 Å². The number of carbonyl (C=O) groups is 1. The number of carboxylic acids is 1. The van der Waals surface area contributed by atoms with Crippen LogP contribution in [0.4, 0.5) is 0 Å². The highest BCUT2D eigenvalue weighted by atomic mass is 79.9. The second-order valence-electron chi connectivity index (χ2n) is 6.13. The normalized spacial score (nSPS) is 12.0. The van der Waals surface area contributed by atoms with Crippen molar-refractivity contribution in [3.8, 4) is 0 Å². The lowest BCUT2D eigenvalue weighted by Crippen LogP contribution is -2.21. The number of fused-ring (bicyclic) bond motifs is 1. The highest BCUT2D eigenvalue weighted by molar-refractivity contribution is 9.18. The first-order chi connectivity index (χ1) is 12.5. The van der Waals surface area contributed by atoms with Gasteiger partial charge in [0.05, 0.1) is 6.42 Å². The van der Waals surface area contributed by atoms with Crippen LogP contribution in [-0.2, 0) is 17.8 Å². The van der Waals surface area contributed by atoms with Gasteiger partial charge in [-0.25, -0.2) is 0 Å². The predicted octanol–water partition coefficient (Wildman–Crippen LogP) is 4.83. The van der Waals surface area contributed by atoms with Gasteiger partial charge >= 0.3 is 5.97 Å². The summed E-state index contributed by atoms with van der Waals surface area (Å²) in [5, 5.41) is 19.2. The van der Waals surface area contributed by atoms with Crippen LogP contribution < -0.4 is 0 Å². The zero-order chi connectivity index (χ0) is 18.9. The Labute approximate surface area is 162 Å². The standard InChI is InChI=1S/C20H24BrN3O2/c1-3-7-15-11-12-16(18-9-5-4-8-17(15)18)14-24(2)20(21)23-22-13-6-10-19(25)26/h4-5,8-9,11-13H,3,6-7,10,14H2,1-2H3,(H,25,26)/b22-13+,23-20-. The maximum atomic E-state index is 10.5. The van der Waals surface area contributed by atoms with Crippen LogP contribution in [0.25, 0.3) is 10.8 Å². The van der Waals surface area contributed by atoms with Crippen LogP contribution in [0.15, 0.2) is 46.6 Å². The van der Waals surface area contributed by atoms with E-state index in [2.05, 4.69) is 69.5 Å². The molecule has 0 bridgehead atoms. The van der Waals surface area contributed by atoms with Gasteiger partial charge in [0.15, 0.2) is 4.74 Å². The molecule has 0 amide bonds. The van der Waals surface area contributed by atoms with Crippen LogP contribution >= 0.6 is 15.9 Å². The summed E-state index contributed by atoms with van der Waals surface area (Å²) in [6, 6.07) is 12.9. The third kappa shape index (κ3) is 5.66. The fourth-order valence-electron chi connectivity index (χ4n) is 2.78. The molecule has 0 heterocycles. The maximum absolute atomic E-state index is 10.5. The average Bonchev–Trinajstić information content (AvgIpc) is 2.63. The molecule has 5 nitrogen and oxygen atoms in total. The van der Waals surface area contributed by atoms with Crippen LogP contribution in [0.1, 0.15) is 37.3 Å². The topological polar surface area (TPSA) is 65.3 Å². The molecule has 2 aromatic rings. The van der Waals surface area contributed by atoms with Crippen molar-refractivity contribution in [2.45, 2.75) is 39.2 Å². The number of carboxylic acid groups (broad SMARTS) is 1. The summed E-state index contributed by atoms with van der Waals surface area (Å²) in [7, 11) is 1.94. The number of rotatable bonds is 8. The minimum atomic E-state index is -0.838. The highest BCUT2D eigenvalue weighted by Gasteiger charge is 2.09. The van der Waals surface area contributed by atoms with E-state index in [1.807, 2.05) is 11.9 Å². The minimum Gasteiger partial charge on any atom is -0.481 e. The number of benzene rings is 2. The number of hydrogen-bond acceptors (Lipinski definition) is 3. The Morgan fingerprint density at radius 1 is 1.19 bits per heavy atom. The third-order valence-corrected chi connectivity index (χ3v) is 4.82. The van der Waals surface area contributed by atoms with E-state index in [-0.39, 0.29) is 6.42 Å². The van der Waals surface area contributed by atoms with E-state index >= 15 is 0 Å². The molecule has 1 N–H and O–H groups in total. The van der Waals surface area contributed by atoms with Crippen LogP contribution in [-0.4, -0.2) is 34.0 Å². The molecule has 138 valence electrons. The Morgan fingerprint density at radius 2 is 1.85 bits per heavy atom. The van der Waals surface area contributed by atoms with Gasteiger partial charge in [-0.15, -0.1) is 5.10 Å². The maximum Gasteiger partial charge on any atom is 0.303 e. The second kappa shape index (κ2) is 10.1. The molecule has 2 aromatic carbocycles. The Kier molecular flexibility index (Phi) is 7.78. The molecule has 0 aromatic heterocycles. The lowest BCUT2D eigenvalue weighted by atomic mass is 9.97. The van der Waals surface area contributed by atoms with Crippen molar-refractivity contribution in [1.82, 2.24) is 4.90 Å². The zero-order valence-corrected chi connectivity index (χ0v) is 16.7. The van der Waals surface area contributed by atoms with Gasteiger partial charge in [0.2, 0.25) is 0 Å². The summed E-state index contributed by atoms with van der Waals surface area (Å²) >= 11 is 3.43. The van der Waals surface area contributed by atoms with Crippen molar-refractivity contribution in [2.24, 2.45) is 10.2 Å². The Balaban J connectivity index is 2.12. The highest BCUT2D eigenvalue weighted by Crippen LogP contribution is 2.25. The Morgan fingerprint density at radius 3 is 2.50 bits per heavy atom. The van der Waals surface area contributed by atoms with Crippen molar-refractivity contribution >= 4 is 43.6 Å². The predicted molar refractivity (Wildman–Crippen MR) is 111 cm³/mol. The summed E-state index contributed by atoms with van der Waals surface area (Å²) in [6.07, 6.45) is 4.14. The molecule has 6 heteroatoms. The average molecular weight is 418 g/mol. The van der Waals surface area contributed by atoms with E-state index in [1.165, 1.54) is 28.1 Å². The number of halogens is 1. The molecule has 0 saturated heterocycles. The molecule has 0 spiro atoms. The summed E-state index contributed by atoms with van der Waals surface area (Å²) in [5.74, 6) is -0.838. The third-order valence-electron chi connectivity index (χ3n) is 4.06. The summed E-state index contributed by atoms with van der Waals surface area (Å²) in [6.45, 7) is 2.89. The minimum absolute atomic E-state index is 0.0581. The monoisotopic (exact) mass is 417 g/mol. The summed E-state index contributed by atoms with van der Waals surface area (Å²) in [5.41, 5.74) is 2.61. The van der Waals surface area contributed by atoms with Gasteiger partial charge in [0.1, 0.15) is 0 Å². The molecule has 0 aliphatic heterocycles. The van der Waals surface area contributed by atoms with Gasteiger partial charge in [-0.3, -0.25) is 4.79 Å². The number of aryl methyl sites for hydroxylation is 1. The molecule has 0 aliphatic carbocycles. The number of aliphatic carboxylic acids is 1. The molecule has 0 aliphatic rings. The van der Waals surface area contributed by atoms with E-state index in [1.54, 1.807) is 0 Å². The number of nitrogens with zero attached hydrogens (tertiary/aromatic N) is 3. The smallest absolute Gasteiger partial charge is 0.303 e. The SMILES string of the molecule is CCCc1ccc(CN(C)/C(Br)=N\N=C\CCC(=O)O)c2ccccc12. The van der Waals surface area contributed by atoms with Gasteiger partial charge < -0.3 is 10.0 Å². The summed E-state index contributed by atoms with van der Waals surface area (Å²) < 4.78 is 0.603. The second-order valence-corrected chi connectivity index (χ2v) is 6.84. The fourth-order valence-corrected chi connectivity index (χ4v) is 3.00. The summed E-state index contributed by atoms with van der Waals surface area (Å²) in [4.78, 5) is 12.4. The van der Waals surface area contributed by atoms with Crippen molar-refractivity contribution in [3.05, 3.63) is 47.5 Å². The first kappa shape index (κ1) is 20.1. The molecule has 0 unspecified atom stereocenters. The lowest BCUT2D eigenvalue weighted by Gasteiger charge is -2.18. The largest absolute Gasteiger partial charge is 0.481 e. The quantitative estimate of drug-likeness (QED) is 0.289. The van der Waals surface area contributed by atoms with Gasteiger partial charge in [0.25, 0.3) is 0 Å². The van der Waals surface area contributed by atoms with E-state index in [4.69, 9.17) is 5.11 Å². The van der Waals surface area contributed by atoms with Crippen molar-refractivity contribution in [2.75, 3.05) is 7.05 Å². The lowest BCUT2D eigenvalue weighted by molar-refractivity contribution is -0.136. The van der Waals surface area contributed by atoms with E-state index in [0.717, 1.165) is 12.8 Å². The molecule has 2 rings (SSSR count). The first-order valence-corrected chi connectivity index (χ1v) is 9.49. The van der Waals surface area contributed by atoms with Crippen LogP contribution in [0.3, 0.4) is 0 Å². The van der Waals surface area contributed by atoms with Crippen molar-refractivity contribution < 1.29 is 9.90 Å². The molecule has 0 radical (unpaired) electrons. The molecular formula is C20H24BrN3O2. The number of amidine groups is 1. The molecular weight excluding hydrogens is 394 g/mol. The molecule has 0 fully saturated rings. The Bertz CT molecular complexity index is 818. The molecule has 0 atom stereocenters. The van der Waals surface area contributed by atoms with E-state index < -0.39 is 5.97 Å². The van der Waals surface area contributed by atoms with Crippen LogP contribution in [0.5, 0.6) is 0 Å².